The van der Waals surface area contributed by atoms with E-state index in [2.05, 4.69) is 5.32 Å². The monoisotopic (exact) mass is 224 g/mol. The van der Waals surface area contributed by atoms with Crippen molar-refractivity contribution in [3.8, 4) is 0 Å². The number of amides is 1. The maximum Gasteiger partial charge on any atom is 0.251 e. The van der Waals surface area contributed by atoms with E-state index < -0.39 is 0 Å². The van der Waals surface area contributed by atoms with Gasteiger partial charge in [0.25, 0.3) is 5.91 Å². The number of carbonyl (C=O) groups excluding carboxylic acids is 1. The largest absolute Gasteiger partial charge is 0.350 e. The maximum atomic E-state index is 13.2. The number of hydrogen-bond acceptors (Lipinski definition) is 2. The van der Waals surface area contributed by atoms with E-state index in [9.17, 15) is 9.18 Å². The topological polar surface area (TPSA) is 55.1 Å². The highest BCUT2D eigenvalue weighted by Gasteiger charge is 2.08. The molecule has 1 atom stereocenters. The van der Waals surface area contributed by atoms with Crippen molar-refractivity contribution in [1.82, 2.24) is 5.32 Å². The molecule has 1 unspecified atom stereocenters. The molecule has 0 bridgehead atoms. The molecule has 16 heavy (non-hydrogen) atoms. The van der Waals surface area contributed by atoms with E-state index in [1.54, 1.807) is 19.1 Å². The summed E-state index contributed by atoms with van der Waals surface area (Å²) < 4.78 is 13.2. The molecule has 3 N–H and O–H groups in total. The average molecular weight is 224 g/mol. The summed E-state index contributed by atoms with van der Waals surface area (Å²) in [5.41, 5.74) is 6.52. The van der Waals surface area contributed by atoms with E-state index in [1.807, 2.05) is 6.92 Å². The van der Waals surface area contributed by atoms with Crippen molar-refractivity contribution in [3.63, 3.8) is 0 Å². The van der Waals surface area contributed by atoms with E-state index in [-0.39, 0.29) is 17.8 Å². The molecule has 4 heteroatoms. The summed E-state index contributed by atoms with van der Waals surface area (Å²) in [6, 6.07) is 4.37. The Labute approximate surface area is 94.8 Å². The molecular formula is C12H17FN2O. The Hall–Kier alpha value is -1.42. The number of hydrogen-bond donors (Lipinski definition) is 2. The predicted molar refractivity (Wildman–Crippen MR) is 61.7 cm³/mol. The molecule has 0 aliphatic rings. The van der Waals surface area contributed by atoms with Gasteiger partial charge in [-0.3, -0.25) is 4.79 Å². The lowest BCUT2D eigenvalue weighted by atomic mass is 10.1. The van der Waals surface area contributed by atoms with Crippen LogP contribution in [-0.4, -0.2) is 18.5 Å². The van der Waals surface area contributed by atoms with Gasteiger partial charge >= 0.3 is 0 Å². The van der Waals surface area contributed by atoms with E-state index >= 15 is 0 Å². The van der Waals surface area contributed by atoms with E-state index in [4.69, 9.17) is 5.73 Å². The van der Waals surface area contributed by atoms with Crippen LogP contribution in [-0.2, 0) is 0 Å². The van der Waals surface area contributed by atoms with Crippen LogP contribution in [0.5, 0.6) is 0 Å². The second-order valence-electron chi connectivity index (χ2n) is 3.84. The molecule has 0 aromatic heterocycles. The van der Waals surface area contributed by atoms with E-state index in [1.165, 1.54) is 6.07 Å². The van der Waals surface area contributed by atoms with Crippen molar-refractivity contribution in [3.05, 3.63) is 35.1 Å². The van der Waals surface area contributed by atoms with Crippen molar-refractivity contribution in [2.24, 2.45) is 5.73 Å². The molecule has 88 valence electrons. The summed E-state index contributed by atoms with van der Waals surface area (Å²) in [6.45, 7) is 4.01. The Morgan fingerprint density at radius 3 is 2.81 bits per heavy atom. The molecule has 1 rings (SSSR count). The smallest absolute Gasteiger partial charge is 0.251 e. The maximum absolute atomic E-state index is 13.2. The third kappa shape index (κ3) is 3.31. The minimum atomic E-state index is -0.368. The van der Waals surface area contributed by atoms with Gasteiger partial charge in [-0.1, -0.05) is 13.0 Å². The zero-order chi connectivity index (χ0) is 12.1. The van der Waals surface area contributed by atoms with Crippen LogP contribution in [0.3, 0.4) is 0 Å². The lowest BCUT2D eigenvalue weighted by Crippen LogP contribution is -2.36. The number of aryl methyl sites for hydroxylation is 1. The van der Waals surface area contributed by atoms with Crippen LogP contribution in [0.2, 0.25) is 0 Å². The number of nitrogens with two attached hydrogens (primary N) is 1. The van der Waals surface area contributed by atoms with Crippen LogP contribution >= 0.6 is 0 Å². The van der Waals surface area contributed by atoms with Gasteiger partial charge in [0, 0.05) is 18.2 Å². The highest BCUT2D eigenvalue weighted by atomic mass is 19.1. The van der Waals surface area contributed by atoms with Crippen LogP contribution in [0.15, 0.2) is 18.2 Å². The quantitative estimate of drug-likeness (QED) is 0.816. The van der Waals surface area contributed by atoms with Gasteiger partial charge in [0.05, 0.1) is 0 Å². The standard InChI is InChI=1S/C12H17FN2O/c1-3-10(14)7-15-12(16)9-5-4-8(2)11(13)6-9/h4-6,10H,3,7,14H2,1-2H3,(H,15,16). The first-order chi connectivity index (χ1) is 7.54. The first-order valence-corrected chi connectivity index (χ1v) is 5.34. The van der Waals surface area contributed by atoms with Crippen molar-refractivity contribution in [1.29, 1.82) is 0 Å². The molecule has 0 aliphatic carbocycles. The minimum absolute atomic E-state index is 0.0563. The van der Waals surface area contributed by atoms with Gasteiger partial charge in [0.15, 0.2) is 0 Å². The van der Waals surface area contributed by atoms with Gasteiger partial charge in [-0.2, -0.15) is 0 Å². The number of nitrogens with one attached hydrogen (secondary N) is 1. The number of halogens is 1. The summed E-state index contributed by atoms with van der Waals surface area (Å²) in [7, 11) is 0. The third-order valence-corrected chi connectivity index (χ3v) is 2.48. The van der Waals surface area contributed by atoms with E-state index in [0.717, 1.165) is 6.42 Å². The zero-order valence-corrected chi connectivity index (χ0v) is 9.59. The highest BCUT2D eigenvalue weighted by molar-refractivity contribution is 5.94. The Balaban J connectivity index is 2.63. The van der Waals surface area contributed by atoms with Crippen LogP contribution in [0.4, 0.5) is 4.39 Å². The first kappa shape index (κ1) is 12.6. The molecule has 0 spiro atoms. The molecule has 3 nitrogen and oxygen atoms in total. The SMILES string of the molecule is CCC(N)CNC(=O)c1ccc(C)c(F)c1. The molecule has 1 aromatic rings. The van der Waals surface area contributed by atoms with Crippen molar-refractivity contribution < 1.29 is 9.18 Å². The molecule has 0 fully saturated rings. The third-order valence-electron chi connectivity index (χ3n) is 2.48. The number of benzene rings is 1. The van der Waals surface area contributed by atoms with Crippen molar-refractivity contribution in [2.45, 2.75) is 26.3 Å². The van der Waals surface area contributed by atoms with Gasteiger partial charge < -0.3 is 11.1 Å². The fraction of sp³-hybridized carbons (Fsp3) is 0.417. The molecule has 0 saturated heterocycles. The Bertz CT molecular complexity index is 379. The molecule has 0 aliphatic heterocycles. The van der Waals surface area contributed by atoms with Gasteiger partial charge in [-0.25, -0.2) is 4.39 Å². The molecular weight excluding hydrogens is 207 g/mol. The van der Waals surface area contributed by atoms with Crippen LogP contribution in [0, 0.1) is 12.7 Å². The predicted octanol–water partition coefficient (Wildman–Crippen LogP) is 1.60. The summed E-state index contributed by atoms with van der Waals surface area (Å²) in [5.74, 6) is -0.657. The Kier molecular flexibility index (Phi) is 4.43. The van der Waals surface area contributed by atoms with E-state index in [0.29, 0.717) is 17.7 Å². The normalized spacial score (nSPS) is 12.2. The summed E-state index contributed by atoms with van der Waals surface area (Å²) >= 11 is 0. The highest BCUT2D eigenvalue weighted by Crippen LogP contribution is 2.08. The molecule has 0 radical (unpaired) electrons. The number of carbonyl (C=O) groups is 1. The molecule has 1 aromatic carbocycles. The Morgan fingerprint density at radius 1 is 1.56 bits per heavy atom. The second-order valence-corrected chi connectivity index (χ2v) is 3.84. The molecule has 1 amide bonds. The Morgan fingerprint density at radius 2 is 2.25 bits per heavy atom. The summed E-state index contributed by atoms with van der Waals surface area (Å²) in [6.07, 6.45) is 0.794. The van der Waals surface area contributed by atoms with Crippen LogP contribution < -0.4 is 11.1 Å². The fourth-order valence-corrected chi connectivity index (χ4v) is 1.20. The molecule has 0 heterocycles. The zero-order valence-electron chi connectivity index (χ0n) is 9.59. The van der Waals surface area contributed by atoms with Gasteiger partial charge in [-0.05, 0) is 31.0 Å². The van der Waals surface area contributed by atoms with Gasteiger partial charge in [0.2, 0.25) is 0 Å². The van der Waals surface area contributed by atoms with Gasteiger partial charge in [-0.15, -0.1) is 0 Å². The van der Waals surface area contributed by atoms with Crippen molar-refractivity contribution >= 4 is 5.91 Å². The fourth-order valence-electron chi connectivity index (χ4n) is 1.20. The van der Waals surface area contributed by atoms with Crippen LogP contribution in [0.1, 0.15) is 29.3 Å². The number of rotatable bonds is 4. The lowest BCUT2D eigenvalue weighted by molar-refractivity contribution is 0.0950. The van der Waals surface area contributed by atoms with Crippen LogP contribution in [0.25, 0.3) is 0 Å². The van der Waals surface area contributed by atoms with Gasteiger partial charge in [0.1, 0.15) is 5.82 Å². The minimum Gasteiger partial charge on any atom is -0.350 e. The van der Waals surface area contributed by atoms with Crippen molar-refractivity contribution in [2.75, 3.05) is 6.54 Å². The first-order valence-electron chi connectivity index (χ1n) is 5.34. The second kappa shape index (κ2) is 5.61. The summed E-state index contributed by atoms with van der Waals surface area (Å²) in [4.78, 5) is 11.6. The average Bonchev–Trinajstić information content (AvgIpc) is 2.29. The lowest BCUT2D eigenvalue weighted by Gasteiger charge is -2.10. The summed E-state index contributed by atoms with van der Waals surface area (Å²) in [5, 5.41) is 2.67. The molecule has 0 saturated carbocycles.